The van der Waals surface area contributed by atoms with Crippen LogP contribution >= 0.6 is 0 Å². The van der Waals surface area contributed by atoms with Crippen molar-refractivity contribution >= 4 is 29.0 Å². The molecule has 0 saturated heterocycles. The molecule has 1 aromatic heterocycles. The van der Waals surface area contributed by atoms with Gasteiger partial charge in [0.05, 0.1) is 29.5 Å². The summed E-state index contributed by atoms with van der Waals surface area (Å²) in [5.41, 5.74) is 2.33. The van der Waals surface area contributed by atoms with Crippen molar-refractivity contribution in [2.24, 2.45) is 0 Å². The molecule has 2 heterocycles. The SMILES string of the molecule is CC(=O)c1c[nH]c(/C=C2\C(=O)Nc3ccc(F)c(C#CCNCC(C)O)c32)c1. The molecule has 0 saturated carbocycles. The highest BCUT2D eigenvalue weighted by atomic mass is 19.1. The molecule has 0 bridgehead atoms. The lowest BCUT2D eigenvalue weighted by Gasteiger charge is -2.04. The average molecular weight is 381 g/mol. The van der Waals surface area contributed by atoms with Crippen LogP contribution in [0.4, 0.5) is 10.1 Å². The maximum Gasteiger partial charge on any atom is 0.256 e. The molecule has 0 spiro atoms. The van der Waals surface area contributed by atoms with Crippen molar-refractivity contribution in [1.82, 2.24) is 10.3 Å². The van der Waals surface area contributed by atoms with Gasteiger partial charge in [-0.25, -0.2) is 4.39 Å². The first-order valence-electron chi connectivity index (χ1n) is 8.79. The minimum atomic E-state index is -0.528. The van der Waals surface area contributed by atoms with Crippen molar-refractivity contribution in [3.63, 3.8) is 0 Å². The van der Waals surface area contributed by atoms with Gasteiger partial charge in [-0.1, -0.05) is 11.8 Å². The minimum absolute atomic E-state index is 0.0977. The maximum absolute atomic E-state index is 14.4. The number of benzene rings is 1. The van der Waals surface area contributed by atoms with Gasteiger partial charge >= 0.3 is 0 Å². The highest BCUT2D eigenvalue weighted by Gasteiger charge is 2.28. The first kappa shape index (κ1) is 19.5. The molecule has 2 aromatic rings. The number of aliphatic hydroxyl groups is 1. The zero-order chi connectivity index (χ0) is 20.3. The van der Waals surface area contributed by atoms with E-state index >= 15 is 0 Å². The van der Waals surface area contributed by atoms with Gasteiger partial charge in [-0.15, -0.1) is 0 Å². The number of rotatable bonds is 5. The first-order valence-corrected chi connectivity index (χ1v) is 8.79. The van der Waals surface area contributed by atoms with Crippen LogP contribution in [0.1, 0.15) is 41.0 Å². The summed E-state index contributed by atoms with van der Waals surface area (Å²) in [5.74, 6) is 4.60. The van der Waals surface area contributed by atoms with E-state index in [0.29, 0.717) is 29.1 Å². The number of aromatic nitrogens is 1. The zero-order valence-electron chi connectivity index (χ0n) is 15.5. The van der Waals surface area contributed by atoms with Gasteiger partial charge < -0.3 is 20.7 Å². The summed E-state index contributed by atoms with van der Waals surface area (Å²) in [6, 6.07) is 4.39. The third-order valence-electron chi connectivity index (χ3n) is 4.19. The van der Waals surface area contributed by atoms with E-state index in [2.05, 4.69) is 27.5 Å². The number of hydrogen-bond acceptors (Lipinski definition) is 4. The quantitative estimate of drug-likeness (QED) is 0.276. The third kappa shape index (κ3) is 4.19. The predicted molar refractivity (Wildman–Crippen MR) is 105 cm³/mol. The van der Waals surface area contributed by atoms with Gasteiger partial charge in [0.15, 0.2) is 5.78 Å². The lowest BCUT2D eigenvalue weighted by Crippen LogP contribution is -2.24. The van der Waals surface area contributed by atoms with Crippen molar-refractivity contribution in [3.8, 4) is 11.8 Å². The van der Waals surface area contributed by atoms with Crippen molar-refractivity contribution < 1.29 is 19.1 Å². The van der Waals surface area contributed by atoms with E-state index in [1.807, 2.05) is 0 Å². The molecular weight excluding hydrogens is 361 g/mol. The maximum atomic E-state index is 14.4. The van der Waals surface area contributed by atoms with E-state index in [1.165, 1.54) is 19.1 Å². The lowest BCUT2D eigenvalue weighted by molar-refractivity contribution is -0.110. The van der Waals surface area contributed by atoms with E-state index in [1.54, 1.807) is 25.3 Å². The topological polar surface area (TPSA) is 94.2 Å². The van der Waals surface area contributed by atoms with E-state index < -0.39 is 11.9 Å². The molecule has 7 heteroatoms. The second-order valence-corrected chi connectivity index (χ2v) is 6.54. The van der Waals surface area contributed by atoms with Gasteiger partial charge in [-0.2, -0.15) is 0 Å². The number of ketones is 1. The molecule has 6 nitrogen and oxygen atoms in total. The standard InChI is InChI=1S/C21H20FN3O3/c1-12(26)10-23-7-3-4-16-18(22)5-6-19-20(16)17(21(28)25-19)9-15-8-14(11-24-15)13(2)27/h5-6,8-9,11-12,23-24,26H,7,10H2,1-2H3,(H,25,28)/b17-9-. The number of H-pyrrole nitrogens is 1. The van der Waals surface area contributed by atoms with Gasteiger partial charge in [0.2, 0.25) is 0 Å². The number of anilines is 1. The largest absolute Gasteiger partial charge is 0.392 e. The summed E-state index contributed by atoms with van der Waals surface area (Å²) in [7, 11) is 0. The number of carbonyl (C=O) groups is 2. The summed E-state index contributed by atoms with van der Waals surface area (Å²) in [4.78, 5) is 26.8. The molecule has 1 aromatic carbocycles. The fourth-order valence-electron chi connectivity index (χ4n) is 2.85. The van der Waals surface area contributed by atoms with E-state index in [4.69, 9.17) is 0 Å². The second-order valence-electron chi connectivity index (χ2n) is 6.54. The normalized spacial score (nSPS) is 15.0. The van der Waals surface area contributed by atoms with Crippen molar-refractivity contribution in [2.45, 2.75) is 20.0 Å². The summed E-state index contributed by atoms with van der Waals surface area (Å²) >= 11 is 0. The van der Waals surface area contributed by atoms with Crippen LogP contribution in [-0.4, -0.2) is 41.0 Å². The van der Waals surface area contributed by atoms with E-state index in [0.717, 1.165) is 0 Å². The highest BCUT2D eigenvalue weighted by molar-refractivity contribution is 6.35. The zero-order valence-corrected chi connectivity index (χ0v) is 15.5. The Bertz CT molecular complexity index is 1030. The van der Waals surface area contributed by atoms with Crippen LogP contribution in [0.25, 0.3) is 11.6 Å². The number of aliphatic hydroxyl groups excluding tert-OH is 1. The van der Waals surface area contributed by atoms with Crippen LogP contribution in [0, 0.1) is 17.7 Å². The monoisotopic (exact) mass is 381 g/mol. The van der Waals surface area contributed by atoms with Crippen LogP contribution in [0.3, 0.4) is 0 Å². The van der Waals surface area contributed by atoms with E-state index in [-0.39, 0.29) is 29.4 Å². The molecule has 0 aliphatic carbocycles. The van der Waals surface area contributed by atoms with Crippen LogP contribution in [0.5, 0.6) is 0 Å². The fourth-order valence-corrected chi connectivity index (χ4v) is 2.85. The fraction of sp³-hybridized carbons (Fsp3) is 0.238. The Balaban J connectivity index is 1.96. The summed E-state index contributed by atoms with van der Waals surface area (Å²) in [6.45, 7) is 3.75. The Kier molecular flexibility index (Phi) is 5.73. The van der Waals surface area contributed by atoms with Crippen LogP contribution < -0.4 is 10.6 Å². The summed E-state index contributed by atoms with van der Waals surface area (Å²) in [6.07, 6.45) is 2.63. The third-order valence-corrected chi connectivity index (χ3v) is 4.19. The van der Waals surface area contributed by atoms with Gasteiger partial charge in [-0.05, 0) is 38.1 Å². The number of nitrogens with one attached hydrogen (secondary N) is 3. The Morgan fingerprint density at radius 2 is 2.21 bits per heavy atom. The Hall–Kier alpha value is -3.21. The number of amides is 1. The Labute approximate surface area is 161 Å². The van der Waals surface area contributed by atoms with Crippen LogP contribution in [-0.2, 0) is 4.79 Å². The number of halogens is 1. The highest BCUT2D eigenvalue weighted by Crippen LogP contribution is 2.36. The predicted octanol–water partition coefficient (Wildman–Crippen LogP) is 2.17. The van der Waals surface area contributed by atoms with Crippen LogP contribution in [0.15, 0.2) is 24.4 Å². The number of hydrogen-bond donors (Lipinski definition) is 4. The molecule has 0 radical (unpaired) electrons. The molecule has 1 unspecified atom stereocenters. The van der Waals surface area contributed by atoms with Gasteiger partial charge in [-0.3, -0.25) is 9.59 Å². The smallest absolute Gasteiger partial charge is 0.256 e. The molecular formula is C21H20FN3O3. The van der Waals surface area contributed by atoms with Gasteiger partial charge in [0.1, 0.15) is 5.82 Å². The van der Waals surface area contributed by atoms with Crippen molar-refractivity contribution in [3.05, 3.63) is 52.6 Å². The molecule has 3 rings (SSSR count). The molecule has 0 fully saturated rings. The van der Waals surface area contributed by atoms with Crippen LogP contribution in [0.2, 0.25) is 0 Å². The van der Waals surface area contributed by atoms with Gasteiger partial charge in [0, 0.05) is 29.6 Å². The van der Waals surface area contributed by atoms with Gasteiger partial charge in [0.25, 0.3) is 5.91 Å². The Morgan fingerprint density at radius 3 is 2.89 bits per heavy atom. The second kappa shape index (κ2) is 8.21. The minimum Gasteiger partial charge on any atom is -0.392 e. The lowest BCUT2D eigenvalue weighted by atomic mass is 9.99. The van der Waals surface area contributed by atoms with Crippen molar-refractivity contribution in [2.75, 3.05) is 18.4 Å². The summed E-state index contributed by atoms with van der Waals surface area (Å²) < 4.78 is 14.4. The van der Waals surface area contributed by atoms with Crippen molar-refractivity contribution in [1.29, 1.82) is 0 Å². The first-order chi connectivity index (χ1) is 13.4. The van der Waals surface area contributed by atoms with E-state index in [9.17, 15) is 19.1 Å². The number of Topliss-reactive ketones (excluding diaryl/α,β-unsaturated/α-hetero) is 1. The summed E-state index contributed by atoms with van der Waals surface area (Å²) in [5, 5.41) is 14.9. The number of carbonyl (C=O) groups excluding carboxylic acids is 2. The molecule has 28 heavy (non-hydrogen) atoms. The molecule has 1 amide bonds. The molecule has 1 aliphatic heterocycles. The molecule has 144 valence electrons. The molecule has 1 aliphatic rings. The average Bonchev–Trinajstić information content (AvgIpc) is 3.22. The molecule has 4 N–H and O–H groups in total. The Morgan fingerprint density at radius 1 is 1.43 bits per heavy atom. The number of fused-ring (bicyclic) bond motifs is 1. The molecule has 1 atom stereocenters. The number of aromatic amines is 1.